The topological polar surface area (TPSA) is 165 Å². The number of benzene rings is 1. The standard InChI is InChI=1S/C28H33ClFN3O7/c1-32(2)22-16-8-13-7-15-19(17(34)9-14(21(15)29)11-33(6-5-30)10-12-3-4-12)23(35)18(13)25(37)28(16,40)26(38)20(24(22)36)27(31)39/h9,12-13,16,22,34-35,38,40H,3-8,10-11H2,1-2H3,(H2,31,39)/t13-,16-,22-,28?/m0/s1. The molecule has 0 aliphatic heterocycles. The SMILES string of the molecule is CN(C)[C@@H]1C(=O)C(C(N)=O)=C(O)C2(O)C(=O)C3=C(O)c4c(O)cc(CN(CCF)CC5CC5)c(Cl)c4C[C@H]3C[C@@H]12. The zero-order chi connectivity index (χ0) is 29.3. The lowest BCUT2D eigenvalue weighted by Gasteiger charge is -2.50. The van der Waals surface area contributed by atoms with Crippen molar-refractivity contribution in [3.05, 3.63) is 44.7 Å². The van der Waals surface area contributed by atoms with Gasteiger partial charge in [-0.15, -0.1) is 0 Å². The number of Topliss-reactive ketones (excluding diaryl/α,β-unsaturated/α-hetero) is 2. The third kappa shape index (κ3) is 4.30. The predicted octanol–water partition coefficient (Wildman–Crippen LogP) is 1.80. The number of aromatic hydroxyl groups is 1. The fraction of sp³-hybridized carbons (Fsp3) is 0.536. The molecule has 216 valence electrons. The van der Waals surface area contributed by atoms with Gasteiger partial charge in [0.15, 0.2) is 11.4 Å². The Morgan fingerprint density at radius 3 is 2.48 bits per heavy atom. The van der Waals surface area contributed by atoms with Crippen molar-refractivity contribution in [2.75, 3.05) is 33.9 Å². The molecule has 4 aliphatic rings. The number of nitrogens with two attached hydrogens (primary N) is 1. The van der Waals surface area contributed by atoms with Gasteiger partial charge in [-0.25, -0.2) is 4.39 Å². The first-order valence-electron chi connectivity index (χ1n) is 13.3. The number of phenolic OH excluding ortho intramolecular Hbond substituents is 1. The Balaban J connectivity index is 1.61. The molecule has 1 aromatic rings. The first-order valence-corrected chi connectivity index (χ1v) is 13.7. The molecule has 5 rings (SSSR count). The molecule has 2 fully saturated rings. The van der Waals surface area contributed by atoms with Crippen LogP contribution in [-0.2, 0) is 27.3 Å². The van der Waals surface area contributed by atoms with Gasteiger partial charge in [0.25, 0.3) is 5.91 Å². The maximum Gasteiger partial charge on any atom is 0.255 e. The summed E-state index contributed by atoms with van der Waals surface area (Å²) in [4.78, 5) is 42.5. The van der Waals surface area contributed by atoms with E-state index in [1.807, 2.05) is 4.90 Å². The summed E-state index contributed by atoms with van der Waals surface area (Å²) in [5, 5.41) is 45.1. The number of phenols is 1. The summed E-state index contributed by atoms with van der Waals surface area (Å²) in [5.74, 6) is -6.63. The Labute approximate surface area is 235 Å². The lowest BCUT2D eigenvalue weighted by Crippen LogP contribution is -2.65. The van der Waals surface area contributed by atoms with Gasteiger partial charge in [0.2, 0.25) is 5.78 Å². The van der Waals surface area contributed by atoms with Crippen LogP contribution in [0, 0.1) is 17.8 Å². The number of halogens is 2. The van der Waals surface area contributed by atoms with Crippen molar-refractivity contribution in [1.29, 1.82) is 0 Å². The van der Waals surface area contributed by atoms with Crippen molar-refractivity contribution < 1.29 is 39.2 Å². The number of primary amides is 1. The number of rotatable bonds is 8. The molecular weight excluding hydrogens is 545 g/mol. The Bertz CT molecular complexity index is 1370. The number of hydrogen-bond donors (Lipinski definition) is 5. The van der Waals surface area contributed by atoms with Gasteiger partial charge in [0, 0.05) is 36.1 Å². The third-order valence-electron chi connectivity index (χ3n) is 8.74. The molecule has 0 aromatic heterocycles. The van der Waals surface area contributed by atoms with E-state index in [2.05, 4.69) is 0 Å². The van der Waals surface area contributed by atoms with Gasteiger partial charge in [0.05, 0.1) is 11.6 Å². The van der Waals surface area contributed by atoms with Crippen LogP contribution in [0.3, 0.4) is 0 Å². The minimum absolute atomic E-state index is 0.0251. The van der Waals surface area contributed by atoms with Gasteiger partial charge in [-0.1, -0.05) is 11.6 Å². The van der Waals surface area contributed by atoms with Crippen molar-refractivity contribution in [2.24, 2.45) is 23.5 Å². The molecular formula is C28H33ClFN3O7. The summed E-state index contributed by atoms with van der Waals surface area (Å²) in [5.41, 5.74) is 2.43. The number of alkyl halides is 1. The maximum atomic E-state index is 13.9. The van der Waals surface area contributed by atoms with E-state index in [1.54, 1.807) is 14.1 Å². The highest BCUT2D eigenvalue weighted by molar-refractivity contribution is 6.32. The van der Waals surface area contributed by atoms with E-state index in [-0.39, 0.29) is 47.8 Å². The van der Waals surface area contributed by atoms with Gasteiger partial charge >= 0.3 is 0 Å². The van der Waals surface area contributed by atoms with Crippen LogP contribution in [0.5, 0.6) is 5.75 Å². The summed E-state index contributed by atoms with van der Waals surface area (Å²) in [7, 11) is 3.08. The van der Waals surface area contributed by atoms with Gasteiger partial charge in [-0.3, -0.25) is 24.2 Å². The average molecular weight is 578 g/mol. The fourth-order valence-corrected chi connectivity index (χ4v) is 7.01. The van der Waals surface area contributed by atoms with E-state index < -0.39 is 64.7 Å². The first kappa shape index (κ1) is 28.5. The number of nitrogens with zero attached hydrogens (tertiary/aromatic N) is 2. The van der Waals surface area contributed by atoms with Crippen molar-refractivity contribution in [3.63, 3.8) is 0 Å². The quantitative estimate of drug-likeness (QED) is 0.290. The number of fused-ring (bicyclic) bond motifs is 3. The van der Waals surface area contributed by atoms with Crippen molar-refractivity contribution in [3.8, 4) is 5.75 Å². The van der Waals surface area contributed by atoms with E-state index >= 15 is 0 Å². The first-order chi connectivity index (χ1) is 18.8. The highest BCUT2D eigenvalue weighted by Gasteiger charge is 2.64. The third-order valence-corrected chi connectivity index (χ3v) is 9.21. The molecule has 40 heavy (non-hydrogen) atoms. The van der Waals surface area contributed by atoms with E-state index in [1.165, 1.54) is 11.0 Å². The van der Waals surface area contributed by atoms with Crippen LogP contribution >= 0.6 is 11.6 Å². The van der Waals surface area contributed by atoms with Crippen LogP contribution in [0.25, 0.3) is 5.76 Å². The molecule has 4 aliphatic carbocycles. The fourth-order valence-electron chi connectivity index (χ4n) is 6.72. The average Bonchev–Trinajstić information content (AvgIpc) is 3.68. The summed E-state index contributed by atoms with van der Waals surface area (Å²) in [6, 6.07) is 0.217. The van der Waals surface area contributed by atoms with Crippen molar-refractivity contribution >= 4 is 34.8 Å². The van der Waals surface area contributed by atoms with Gasteiger partial charge in [-0.2, -0.15) is 0 Å². The number of carbonyl (C=O) groups is 3. The molecule has 0 heterocycles. The summed E-state index contributed by atoms with van der Waals surface area (Å²) < 4.78 is 13.2. The number of carbonyl (C=O) groups excluding carboxylic acids is 3. The molecule has 0 radical (unpaired) electrons. The molecule has 1 amide bonds. The second kappa shape index (κ2) is 10.1. The molecule has 10 nitrogen and oxygen atoms in total. The van der Waals surface area contributed by atoms with Crippen LogP contribution in [0.15, 0.2) is 23.0 Å². The number of aliphatic hydroxyl groups is 3. The highest BCUT2D eigenvalue weighted by Crippen LogP contribution is 2.53. The second-order valence-corrected chi connectivity index (χ2v) is 11.9. The number of likely N-dealkylation sites (N-methyl/N-ethyl adjacent to an activating group) is 1. The van der Waals surface area contributed by atoms with Gasteiger partial charge < -0.3 is 26.2 Å². The van der Waals surface area contributed by atoms with Gasteiger partial charge in [-0.05, 0) is 68.8 Å². The predicted molar refractivity (Wildman–Crippen MR) is 143 cm³/mol. The molecule has 2 saturated carbocycles. The molecule has 6 N–H and O–H groups in total. The molecule has 4 atom stereocenters. The Morgan fingerprint density at radius 1 is 1.23 bits per heavy atom. The van der Waals surface area contributed by atoms with Crippen molar-refractivity contribution in [2.45, 2.75) is 43.9 Å². The molecule has 0 bridgehead atoms. The van der Waals surface area contributed by atoms with Crippen molar-refractivity contribution in [1.82, 2.24) is 9.80 Å². The van der Waals surface area contributed by atoms with Gasteiger partial charge in [0.1, 0.15) is 29.5 Å². The van der Waals surface area contributed by atoms with E-state index in [0.717, 1.165) is 12.8 Å². The lowest BCUT2D eigenvalue weighted by atomic mass is 9.57. The zero-order valence-corrected chi connectivity index (χ0v) is 23.0. The molecule has 1 aromatic carbocycles. The minimum atomic E-state index is -2.69. The zero-order valence-electron chi connectivity index (χ0n) is 22.3. The number of ketones is 2. The minimum Gasteiger partial charge on any atom is -0.508 e. The Morgan fingerprint density at radius 2 is 1.90 bits per heavy atom. The molecule has 1 unspecified atom stereocenters. The smallest absolute Gasteiger partial charge is 0.255 e. The summed E-state index contributed by atoms with van der Waals surface area (Å²) in [6.45, 7) is 0.666. The van der Waals surface area contributed by atoms with E-state index in [4.69, 9.17) is 17.3 Å². The van der Waals surface area contributed by atoms with Crippen LogP contribution in [-0.4, -0.2) is 93.2 Å². The largest absolute Gasteiger partial charge is 0.508 e. The van der Waals surface area contributed by atoms with Crippen LogP contribution in [0.1, 0.15) is 36.0 Å². The number of aliphatic hydroxyl groups excluding tert-OH is 2. The molecule has 12 heteroatoms. The van der Waals surface area contributed by atoms with Crippen LogP contribution in [0.4, 0.5) is 4.39 Å². The monoisotopic (exact) mass is 577 g/mol. The number of amides is 1. The number of hydrogen-bond acceptors (Lipinski definition) is 9. The Hall–Kier alpha value is -2.99. The molecule has 0 saturated heterocycles. The maximum absolute atomic E-state index is 13.9. The van der Waals surface area contributed by atoms with E-state index in [0.29, 0.717) is 23.6 Å². The van der Waals surface area contributed by atoms with Crippen LogP contribution < -0.4 is 5.73 Å². The lowest BCUT2D eigenvalue weighted by molar-refractivity contribution is -0.153. The normalized spacial score (nSPS) is 28.2. The summed E-state index contributed by atoms with van der Waals surface area (Å²) >= 11 is 6.81. The summed E-state index contributed by atoms with van der Waals surface area (Å²) in [6.07, 6.45) is 2.24. The van der Waals surface area contributed by atoms with E-state index in [9.17, 15) is 39.2 Å². The molecule has 0 spiro atoms. The Kier molecular flexibility index (Phi) is 7.23. The highest BCUT2D eigenvalue weighted by atomic mass is 35.5. The van der Waals surface area contributed by atoms with Crippen LogP contribution in [0.2, 0.25) is 5.02 Å². The second-order valence-electron chi connectivity index (χ2n) is 11.6.